The molecule has 0 aromatic carbocycles. The van der Waals surface area contributed by atoms with Crippen molar-refractivity contribution in [3.05, 3.63) is 0 Å². The third-order valence-corrected chi connectivity index (χ3v) is 1.60. The fourth-order valence-corrected chi connectivity index (χ4v) is 0.743. The van der Waals surface area contributed by atoms with E-state index in [1.54, 1.807) is 7.11 Å². The summed E-state index contributed by atoms with van der Waals surface area (Å²) >= 11 is 0. The van der Waals surface area contributed by atoms with Crippen LogP contribution in [0.15, 0.2) is 0 Å². The van der Waals surface area contributed by atoms with E-state index in [2.05, 4.69) is 6.92 Å². The Hall–Kier alpha value is 0.0249. The molecule has 1 nitrogen and oxygen atoms in total. The van der Waals surface area contributed by atoms with E-state index in [0.29, 0.717) is 0 Å². The van der Waals surface area contributed by atoms with Gasteiger partial charge in [0, 0.05) is 13.2 Å². The van der Waals surface area contributed by atoms with E-state index in [0.717, 1.165) is 12.8 Å². The van der Waals surface area contributed by atoms with Crippen molar-refractivity contribution in [3.63, 3.8) is 0 Å². The van der Waals surface area contributed by atoms with Gasteiger partial charge in [-0.25, -0.2) is 0 Å². The summed E-state index contributed by atoms with van der Waals surface area (Å²) < 4.78 is 5.04. The van der Waals surface area contributed by atoms with Crippen LogP contribution in [0.5, 0.6) is 0 Å². The van der Waals surface area contributed by atoms with Gasteiger partial charge in [0.25, 0.3) is 0 Å². The summed E-state index contributed by atoms with van der Waals surface area (Å²) in [5.41, 5.74) is 0. The second-order valence-corrected chi connectivity index (χ2v) is 2.39. The maximum atomic E-state index is 5.71. The monoisotopic (exact) mass is 126 g/mol. The fraction of sp³-hybridized carbons (Fsp3) is 1.00. The van der Waals surface area contributed by atoms with Crippen LogP contribution in [0.3, 0.4) is 0 Å². The van der Waals surface area contributed by atoms with Crippen LogP contribution in [-0.2, 0) is 4.74 Å². The maximum absolute atomic E-state index is 5.71. The molecule has 2 atom stereocenters. The third-order valence-electron chi connectivity index (χ3n) is 1.60. The first-order valence-corrected chi connectivity index (χ1v) is 3.50. The predicted molar refractivity (Wildman–Crippen MR) is 40.9 cm³/mol. The van der Waals surface area contributed by atoms with Gasteiger partial charge < -0.3 is 4.74 Å². The highest BCUT2D eigenvalue weighted by Crippen LogP contribution is 2.15. The van der Waals surface area contributed by atoms with Crippen LogP contribution < -0.4 is 0 Å². The van der Waals surface area contributed by atoms with Crippen molar-refractivity contribution in [3.8, 4) is 0 Å². The average Bonchev–Trinajstić information content (AvgIpc) is 1.87. The molecular formula is C7H15BO. The lowest BCUT2D eigenvalue weighted by Crippen LogP contribution is -2.13. The largest absolute Gasteiger partial charge is 0.382 e. The molecule has 2 heteroatoms. The van der Waals surface area contributed by atoms with Gasteiger partial charge in [-0.15, -0.1) is 0 Å². The Labute approximate surface area is 59.2 Å². The Kier molecular flexibility index (Phi) is 4.88. The number of methoxy groups -OCH3 is 1. The standard InChI is InChI=1S/C7H15BO/c1-4-5-7(8)6(2)9-3/h6-7H,4-5H2,1-3H3. The first-order valence-electron chi connectivity index (χ1n) is 3.50. The van der Waals surface area contributed by atoms with Crippen molar-refractivity contribution in [1.82, 2.24) is 0 Å². The van der Waals surface area contributed by atoms with E-state index in [4.69, 9.17) is 12.6 Å². The van der Waals surface area contributed by atoms with Crippen molar-refractivity contribution in [2.24, 2.45) is 0 Å². The molecule has 0 heterocycles. The molecule has 0 spiro atoms. The van der Waals surface area contributed by atoms with Gasteiger partial charge in [0.05, 0.1) is 7.85 Å². The Morgan fingerprint density at radius 1 is 1.56 bits per heavy atom. The molecule has 0 saturated carbocycles. The zero-order valence-corrected chi connectivity index (χ0v) is 6.55. The van der Waals surface area contributed by atoms with Gasteiger partial charge in [0.1, 0.15) is 0 Å². The van der Waals surface area contributed by atoms with Crippen molar-refractivity contribution in [2.45, 2.75) is 38.6 Å². The molecule has 0 fully saturated rings. The van der Waals surface area contributed by atoms with Crippen LogP contribution >= 0.6 is 0 Å². The van der Waals surface area contributed by atoms with Gasteiger partial charge in [-0.3, -0.25) is 0 Å². The molecule has 0 saturated heterocycles. The van der Waals surface area contributed by atoms with Crippen LogP contribution in [0.4, 0.5) is 0 Å². The smallest absolute Gasteiger partial charge is 0.0734 e. The molecule has 2 unspecified atom stereocenters. The first kappa shape index (κ1) is 9.02. The topological polar surface area (TPSA) is 9.23 Å². The van der Waals surface area contributed by atoms with Crippen molar-refractivity contribution in [1.29, 1.82) is 0 Å². The molecule has 0 bridgehead atoms. The molecule has 2 radical (unpaired) electrons. The summed E-state index contributed by atoms with van der Waals surface area (Å²) in [6.45, 7) is 4.13. The van der Waals surface area contributed by atoms with Crippen LogP contribution in [-0.4, -0.2) is 21.1 Å². The predicted octanol–water partition coefficient (Wildman–Crippen LogP) is 1.78. The minimum atomic E-state index is 0.199. The van der Waals surface area contributed by atoms with Gasteiger partial charge in [-0.05, 0) is 6.92 Å². The number of rotatable bonds is 4. The lowest BCUT2D eigenvalue weighted by atomic mass is 9.80. The quantitative estimate of drug-likeness (QED) is 0.521. The molecule has 0 aromatic heterocycles. The zero-order chi connectivity index (χ0) is 7.28. The molecule has 0 N–H and O–H groups in total. The minimum Gasteiger partial charge on any atom is -0.382 e. The molecule has 0 amide bonds. The summed E-state index contributed by atoms with van der Waals surface area (Å²) in [5, 5.41) is 0. The molecular weight excluding hydrogens is 111 g/mol. The van der Waals surface area contributed by atoms with Crippen molar-refractivity contribution < 1.29 is 4.74 Å². The summed E-state index contributed by atoms with van der Waals surface area (Å²) in [4.78, 5) is 0. The SMILES string of the molecule is [B]C(CCC)C(C)OC. The normalized spacial score (nSPS) is 17.2. The Morgan fingerprint density at radius 2 is 2.11 bits per heavy atom. The van der Waals surface area contributed by atoms with E-state index in [-0.39, 0.29) is 11.9 Å². The van der Waals surface area contributed by atoms with Crippen molar-refractivity contribution >= 4 is 7.85 Å². The second kappa shape index (κ2) is 4.86. The number of hydrogen-bond donors (Lipinski definition) is 0. The van der Waals surface area contributed by atoms with E-state index in [1.165, 1.54) is 0 Å². The highest BCUT2D eigenvalue weighted by atomic mass is 16.5. The van der Waals surface area contributed by atoms with Crippen molar-refractivity contribution in [2.75, 3.05) is 7.11 Å². The number of ether oxygens (including phenoxy) is 1. The van der Waals surface area contributed by atoms with E-state index in [1.807, 2.05) is 6.92 Å². The van der Waals surface area contributed by atoms with Crippen LogP contribution in [0.25, 0.3) is 0 Å². The molecule has 0 aliphatic carbocycles. The van der Waals surface area contributed by atoms with Gasteiger partial charge >= 0.3 is 0 Å². The fourth-order valence-electron chi connectivity index (χ4n) is 0.743. The molecule has 0 aliphatic rings. The van der Waals surface area contributed by atoms with Gasteiger partial charge in [0.2, 0.25) is 0 Å². The summed E-state index contributed by atoms with van der Waals surface area (Å²) in [5.74, 6) is 0.208. The minimum absolute atomic E-state index is 0.199. The molecule has 0 rings (SSSR count). The van der Waals surface area contributed by atoms with Crippen LogP contribution in [0.1, 0.15) is 26.7 Å². The van der Waals surface area contributed by atoms with E-state index < -0.39 is 0 Å². The maximum Gasteiger partial charge on any atom is 0.0734 e. The zero-order valence-electron chi connectivity index (χ0n) is 6.55. The first-order chi connectivity index (χ1) is 4.22. The summed E-state index contributed by atoms with van der Waals surface area (Å²) in [6, 6.07) is 0. The van der Waals surface area contributed by atoms with Gasteiger partial charge in [0.15, 0.2) is 0 Å². The van der Waals surface area contributed by atoms with Gasteiger partial charge in [-0.1, -0.05) is 25.6 Å². The third kappa shape index (κ3) is 3.58. The Balaban J connectivity index is 3.32. The highest BCUT2D eigenvalue weighted by Gasteiger charge is 2.07. The van der Waals surface area contributed by atoms with Crippen LogP contribution in [0.2, 0.25) is 5.82 Å². The highest BCUT2D eigenvalue weighted by molar-refractivity contribution is 6.12. The Bertz CT molecular complexity index is 65.9. The lowest BCUT2D eigenvalue weighted by molar-refractivity contribution is 0.109. The number of hydrogen-bond acceptors (Lipinski definition) is 1. The second-order valence-electron chi connectivity index (χ2n) is 2.39. The van der Waals surface area contributed by atoms with E-state index >= 15 is 0 Å². The molecule has 0 aliphatic heterocycles. The molecule has 0 aromatic rings. The summed E-state index contributed by atoms with van der Waals surface area (Å²) in [7, 11) is 7.41. The lowest BCUT2D eigenvalue weighted by Gasteiger charge is -2.17. The van der Waals surface area contributed by atoms with Gasteiger partial charge in [-0.2, -0.15) is 0 Å². The Morgan fingerprint density at radius 3 is 2.44 bits per heavy atom. The van der Waals surface area contributed by atoms with Crippen LogP contribution in [0, 0.1) is 0 Å². The molecule has 52 valence electrons. The average molecular weight is 126 g/mol. The summed E-state index contributed by atoms with van der Waals surface area (Å²) in [6.07, 6.45) is 2.38. The van der Waals surface area contributed by atoms with E-state index in [9.17, 15) is 0 Å². The molecule has 9 heavy (non-hydrogen) atoms.